The normalized spacial score (nSPS) is 15.0. The molecule has 4 aromatic rings. The summed E-state index contributed by atoms with van der Waals surface area (Å²) in [5, 5.41) is 20.0. The molecule has 1 aliphatic carbocycles. The Hall–Kier alpha value is -4.15. The van der Waals surface area contributed by atoms with Crippen LogP contribution in [0, 0.1) is 12.1 Å². The predicted molar refractivity (Wildman–Crippen MR) is 165 cm³/mol. The van der Waals surface area contributed by atoms with Crippen molar-refractivity contribution in [1.82, 2.24) is 14.7 Å². The summed E-state index contributed by atoms with van der Waals surface area (Å²) >= 11 is 1.74. The van der Waals surface area contributed by atoms with Crippen molar-refractivity contribution in [3.8, 4) is 0 Å². The van der Waals surface area contributed by atoms with E-state index in [1.807, 2.05) is 18.2 Å². The molecule has 1 fully saturated rings. The van der Waals surface area contributed by atoms with E-state index < -0.39 is 0 Å². The molecule has 3 aromatic carbocycles. The molecule has 0 amide bonds. The Kier molecular flexibility index (Phi) is 8.25. The molecule has 216 valence electrons. The number of thioether (sulfide) groups is 1. The summed E-state index contributed by atoms with van der Waals surface area (Å²) < 4.78 is 1.32. The molecule has 1 saturated heterocycles. The molecule has 0 unspecified atom stereocenters. The fourth-order valence-electron chi connectivity index (χ4n) is 5.58. The van der Waals surface area contributed by atoms with Crippen LogP contribution in [0.15, 0.2) is 77.7 Å². The minimum absolute atomic E-state index is 0.0609. The van der Waals surface area contributed by atoms with Gasteiger partial charge in [-0.25, -0.2) is 0 Å². The number of carbonyl (C=O) groups is 2. The first-order chi connectivity index (χ1) is 20.5. The van der Waals surface area contributed by atoms with Gasteiger partial charge in [-0.1, -0.05) is 35.9 Å². The molecular weight excluding hydrogens is 548 g/mol. The van der Waals surface area contributed by atoms with Gasteiger partial charge in [0.25, 0.3) is 0 Å². The van der Waals surface area contributed by atoms with Crippen LogP contribution in [0.3, 0.4) is 0 Å². The van der Waals surface area contributed by atoms with E-state index in [1.165, 1.54) is 20.8 Å². The monoisotopic (exact) mass is 582 g/mol. The lowest BCUT2D eigenvalue weighted by Crippen LogP contribution is -2.47. The van der Waals surface area contributed by atoms with Crippen molar-refractivity contribution in [3.05, 3.63) is 106 Å². The predicted octanol–water partition coefficient (Wildman–Crippen LogP) is 4.02. The molecule has 1 aliphatic heterocycles. The number of carbonyl (C=O) groups excluding carboxylic acids is 2. The van der Waals surface area contributed by atoms with Crippen LogP contribution < -0.4 is 15.2 Å². The van der Waals surface area contributed by atoms with Gasteiger partial charge in [0.15, 0.2) is 5.69 Å². The zero-order valence-electron chi connectivity index (χ0n) is 23.7. The number of nitrogens with zero attached hydrogens (tertiary/aromatic N) is 5. The van der Waals surface area contributed by atoms with Crippen LogP contribution in [0.25, 0.3) is 0 Å². The quantitative estimate of drug-likeness (QED) is 0.114. The van der Waals surface area contributed by atoms with Gasteiger partial charge in [-0.15, -0.1) is 16.4 Å². The lowest BCUT2D eigenvalue weighted by atomic mass is 9.89. The van der Waals surface area contributed by atoms with E-state index in [9.17, 15) is 14.8 Å². The van der Waals surface area contributed by atoms with Gasteiger partial charge in [0.1, 0.15) is 0 Å². The lowest BCUT2D eigenvalue weighted by molar-refractivity contribution is -0.749. The first-order valence-electron chi connectivity index (χ1n) is 14.4. The fraction of sp³-hybridized carbons (Fsp3) is 0.312. The average molecular weight is 583 g/mol. The van der Waals surface area contributed by atoms with Crippen molar-refractivity contribution in [1.29, 1.82) is 0 Å². The van der Waals surface area contributed by atoms with Crippen LogP contribution in [-0.2, 0) is 6.54 Å². The van der Waals surface area contributed by atoms with Gasteiger partial charge in [-0.05, 0) is 55.8 Å². The Bertz CT molecular complexity index is 1580. The maximum atomic E-state index is 13.6. The largest absolute Gasteiger partial charge is 0.571 e. The molecule has 2 heterocycles. The number of hydrogen-bond donors (Lipinski definition) is 1. The average Bonchev–Trinajstić information content (AvgIpc) is 3.35. The van der Waals surface area contributed by atoms with E-state index in [-0.39, 0.29) is 28.5 Å². The summed E-state index contributed by atoms with van der Waals surface area (Å²) in [7, 11) is 0. The molecular formula is C32H34N6O3S. The Morgan fingerprint density at radius 2 is 1.67 bits per heavy atom. The van der Waals surface area contributed by atoms with E-state index in [4.69, 9.17) is 0 Å². The minimum Gasteiger partial charge on any atom is -0.571 e. The fourth-order valence-corrected chi connectivity index (χ4v) is 6.36. The molecule has 0 bridgehead atoms. The van der Waals surface area contributed by atoms with Gasteiger partial charge >= 0.3 is 0 Å². The number of aryl methyl sites for hydroxylation is 1. The van der Waals surface area contributed by atoms with E-state index in [2.05, 4.69) is 63.5 Å². The van der Waals surface area contributed by atoms with E-state index in [0.717, 1.165) is 44.2 Å². The Labute approximate surface area is 249 Å². The smallest absolute Gasteiger partial charge is 0.220 e. The van der Waals surface area contributed by atoms with Crippen LogP contribution in [0.1, 0.15) is 44.1 Å². The van der Waals surface area contributed by atoms with Gasteiger partial charge in [0.05, 0.1) is 6.54 Å². The first kappa shape index (κ1) is 28.0. The number of hydrogen-bond acceptors (Lipinski definition) is 8. The molecule has 2 aliphatic rings. The Balaban J connectivity index is 1.06. The zero-order chi connectivity index (χ0) is 29.1. The molecule has 0 spiro atoms. The zero-order valence-corrected chi connectivity index (χ0v) is 24.5. The number of piperazine rings is 1. The van der Waals surface area contributed by atoms with Crippen molar-refractivity contribution in [2.24, 2.45) is 0 Å². The molecule has 0 atom stereocenters. The molecule has 0 saturated carbocycles. The van der Waals surface area contributed by atoms with Crippen LogP contribution >= 0.6 is 11.8 Å². The van der Waals surface area contributed by atoms with Gasteiger partial charge < -0.3 is 15.4 Å². The Morgan fingerprint density at radius 3 is 2.43 bits per heavy atom. The van der Waals surface area contributed by atoms with Crippen molar-refractivity contribution in [2.45, 2.75) is 24.8 Å². The first-order valence-corrected chi connectivity index (χ1v) is 15.4. The van der Waals surface area contributed by atoms with Gasteiger partial charge in [0.2, 0.25) is 17.3 Å². The van der Waals surface area contributed by atoms with E-state index in [0.29, 0.717) is 30.0 Å². The highest BCUT2D eigenvalue weighted by atomic mass is 32.2. The summed E-state index contributed by atoms with van der Waals surface area (Å²) in [6.45, 7) is 7.64. The van der Waals surface area contributed by atoms with Gasteiger partial charge in [-0.3, -0.25) is 14.5 Å². The van der Waals surface area contributed by atoms with Crippen LogP contribution in [-0.4, -0.2) is 71.3 Å². The molecule has 1 aromatic heterocycles. The minimum atomic E-state index is -0.388. The standard InChI is InChI=1S/C32H34N6O3S/c1-23-8-11-25(12-9-23)36-19-17-35(18-20-36)15-5-16-37-30-29(34-38(37)41)31(39)27-13-10-24(22-28(27)32(30)40)33-14-21-42-26-6-3-2-4-7-26/h2-4,6-13,22,33H,5,14-21H2,1H3. The third-order valence-electron chi connectivity index (χ3n) is 7.87. The van der Waals surface area contributed by atoms with Gasteiger partial charge in [-0.2, -0.15) is 0 Å². The number of rotatable bonds is 10. The van der Waals surface area contributed by atoms with Crippen molar-refractivity contribution in [2.75, 3.05) is 55.2 Å². The topological polar surface area (TPSA) is 97.4 Å². The molecule has 6 rings (SSSR count). The van der Waals surface area contributed by atoms with Crippen molar-refractivity contribution < 1.29 is 14.5 Å². The van der Waals surface area contributed by atoms with Crippen LogP contribution in [0.4, 0.5) is 11.4 Å². The third-order valence-corrected chi connectivity index (χ3v) is 8.89. The van der Waals surface area contributed by atoms with Gasteiger partial charge in [0, 0.05) is 82.5 Å². The van der Waals surface area contributed by atoms with Crippen molar-refractivity contribution >= 4 is 34.7 Å². The maximum Gasteiger partial charge on any atom is 0.220 e. The highest BCUT2D eigenvalue weighted by molar-refractivity contribution is 7.99. The molecule has 0 radical (unpaired) electrons. The summed E-state index contributed by atoms with van der Waals surface area (Å²) in [6, 6.07) is 23.9. The van der Waals surface area contributed by atoms with Crippen LogP contribution in [0.2, 0.25) is 0 Å². The second kappa shape index (κ2) is 12.4. The van der Waals surface area contributed by atoms with E-state index in [1.54, 1.807) is 30.0 Å². The number of benzene rings is 3. The number of aromatic nitrogens is 3. The summed E-state index contributed by atoms with van der Waals surface area (Å²) in [4.78, 5) is 33.2. The molecule has 10 heteroatoms. The molecule has 1 N–H and O–H groups in total. The maximum absolute atomic E-state index is 13.6. The lowest BCUT2D eigenvalue weighted by Gasteiger charge is -2.36. The molecule has 9 nitrogen and oxygen atoms in total. The summed E-state index contributed by atoms with van der Waals surface area (Å²) in [6.07, 6.45) is 0.671. The number of anilines is 2. The number of ketones is 2. The summed E-state index contributed by atoms with van der Waals surface area (Å²) in [5.41, 5.74) is 3.88. The summed E-state index contributed by atoms with van der Waals surface area (Å²) in [5.74, 6) is 0.124. The van der Waals surface area contributed by atoms with Crippen molar-refractivity contribution in [3.63, 3.8) is 0 Å². The number of nitrogens with one attached hydrogen (secondary N) is 1. The molecule has 42 heavy (non-hydrogen) atoms. The van der Waals surface area contributed by atoms with E-state index >= 15 is 0 Å². The Morgan fingerprint density at radius 1 is 0.905 bits per heavy atom. The van der Waals surface area contributed by atoms with Crippen LogP contribution in [0.5, 0.6) is 0 Å². The highest BCUT2D eigenvalue weighted by Crippen LogP contribution is 2.28. The number of fused-ring (bicyclic) bond motifs is 2. The highest BCUT2D eigenvalue weighted by Gasteiger charge is 2.39. The third kappa shape index (κ3) is 5.91. The second-order valence-electron chi connectivity index (χ2n) is 10.7. The second-order valence-corrected chi connectivity index (χ2v) is 11.9. The SMILES string of the molecule is Cc1ccc(N2CCN(CCCn3c4c(n[n+]3[O-])C(=O)c3ccc(NCCSc5ccccc5)cc3C4=O)CC2)cc1.